The molecule has 4 nitrogen and oxygen atoms in total. The fourth-order valence-corrected chi connectivity index (χ4v) is 7.86. The standard InChI is InChI=1S/C42H24BNO3/c1-4-17-34-27(10-1)28-11-2-5-18-35(28)44(34)36-19-9-16-33-42(36)46-38-21-8-14-31-30-23-22-25(24-39(30)47-43(33)40(31)38)26-13-7-15-32-29-12-3-6-20-37(29)45-41(26)32/h1-24H. The van der Waals surface area contributed by atoms with Crippen LogP contribution in [0.5, 0.6) is 17.2 Å². The quantitative estimate of drug-likeness (QED) is 0.185. The largest absolute Gasteiger partial charge is 0.551 e. The van der Waals surface area contributed by atoms with E-state index in [1.807, 2.05) is 12.1 Å². The maximum absolute atomic E-state index is 7.03. The van der Waals surface area contributed by atoms with Crippen LogP contribution in [0.1, 0.15) is 0 Å². The molecule has 5 heteroatoms. The topological polar surface area (TPSA) is 36.5 Å². The van der Waals surface area contributed by atoms with E-state index in [1.165, 1.54) is 10.8 Å². The molecule has 0 amide bonds. The van der Waals surface area contributed by atoms with Crippen LogP contribution in [0.2, 0.25) is 0 Å². The highest BCUT2D eigenvalue weighted by Crippen LogP contribution is 2.44. The molecule has 11 rings (SSSR count). The third kappa shape index (κ3) is 3.38. The van der Waals surface area contributed by atoms with E-state index in [0.717, 1.165) is 89.1 Å². The molecule has 9 aromatic rings. The third-order valence-corrected chi connectivity index (χ3v) is 9.90. The van der Waals surface area contributed by atoms with Gasteiger partial charge in [-0.05, 0) is 47.5 Å². The summed E-state index contributed by atoms with van der Waals surface area (Å²) in [5, 5.41) is 4.67. The molecule has 0 atom stereocenters. The van der Waals surface area contributed by atoms with Crippen LogP contribution in [0.15, 0.2) is 150 Å². The molecule has 0 spiro atoms. The molecule has 0 saturated heterocycles. The monoisotopic (exact) mass is 601 g/mol. The number of hydrogen-bond acceptors (Lipinski definition) is 3. The fraction of sp³-hybridized carbons (Fsp3) is 0. The number of para-hydroxylation sites is 5. The van der Waals surface area contributed by atoms with Crippen molar-refractivity contribution in [1.29, 1.82) is 0 Å². The van der Waals surface area contributed by atoms with E-state index in [4.69, 9.17) is 13.8 Å². The zero-order valence-electron chi connectivity index (χ0n) is 25.1. The van der Waals surface area contributed by atoms with Gasteiger partial charge >= 0.3 is 6.92 Å². The second-order valence-corrected chi connectivity index (χ2v) is 12.4. The molecular formula is C42H24BNO3. The summed E-state index contributed by atoms with van der Waals surface area (Å²) in [6.07, 6.45) is 0. The Bertz CT molecular complexity index is 2720. The van der Waals surface area contributed by atoms with Gasteiger partial charge in [0.2, 0.25) is 0 Å². The van der Waals surface area contributed by atoms with Crippen LogP contribution in [0.3, 0.4) is 0 Å². The lowest BCUT2D eigenvalue weighted by molar-refractivity contribution is 0.477. The summed E-state index contributed by atoms with van der Waals surface area (Å²) in [7, 11) is 0. The second-order valence-electron chi connectivity index (χ2n) is 12.4. The van der Waals surface area contributed by atoms with Gasteiger partial charge < -0.3 is 18.4 Å². The minimum Gasteiger partial charge on any atom is -0.551 e. The molecule has 0 bridgehead atoms. The van der Waals surface area contributed by atoms with E-state index in [9.17, 15) is 0 Å². The van der Waals surface area contributed by atoms with Gasteiger partial charge in [-0.25, -0.2) is 0 Å². The molecule has 2 aromatic heterocycles. The average molecular weight is 601 g/mol. The van der Waals surface area contributed by atoms with Gasteiger partial charge in [-0.2, -0.15) is 0 Å². The molecule has 0 fully saturated rings. The zero-order valence-corrected chi connectivity index (χ0v) is 25.1. The smallest absolute Gasteiger partial charge is 0.434 e. The van der Waals surface area contributed by atoms with Gasteiger partial charge in [0.05, 0.1) is 16.7 Å². The lowest BCUT2D eigenvalue weighted by atomic mass is 9.51. The predicted molar refractivity (Wildman–Crippen MR) is 191 cm³/mol. The molecule has 0 N–H and O–H groups in total. The average Bonchev–Trinajstić information content (AvgIpc) is 3.67. The van der Waals surface area contributed by atoms with Crippen molar-refractivity contribution in [3.05, 3.63) is 146 Å². The summed E-state index contributed by atoms with van der Waals surface area (Å²) in [6, 6.07) is 50.9. The van der Waals surface area contributed by atoms with E-state index >= 15 is 0 Å². The van der Waals surface area contributed by atoms with Crippen LogP contribution >= 0.6 is 0 Å². The normalized spacial score (nSPS) is 13.0. The Morgan fingerprint density at radius 1 is 0.511 bits per heavy atom. The first kappa shape index (κ1) is 25.0. The second kappa shape index (κ2) is 9.18. The summed E-state index contributed by atoms with van der Waals surface area (Å²) in [5.74, 6) is 2.50. The highest BCUT2D eigenvalue weighted by Gasteiger charge is 2.41. The van der Waals surface area contributed by atoms with Gasteiger partial charge in [0.1, 0.15) is 28.4 Å². The molecule has 0 saturated carbocycles. The van der Waals surface area contributed by atoms with E-state index in [0.29, 0.717) is 0 Å². The first-order chi connectivity index (χ1) is 23.3. The number of ether oxygens (including phenoxy) is 1. The molecule has 47 heavy (non-hydrogen) atoms. The van der Waals surface area contributed by atoms with Crippen molar-refractivity contribution in [2.45, 2.75) is 0 Å². The Morgan fingerprint density at radius 3 is 2.06 bits per heavy atom. The maximum atomic E-state index is 7.03. The predicted octanol–water partition coefficient (Wildman–Crippen LogP) is 9.62. The maximum Gasteiger partial charge on any atom is 0.434 e. The number of aromatic nitrogens is 1. The minimum absolute atomic E-state index is 0.317. The highest BCUT2D eigenvalue weighted by molar-refractivity contribution is 6.84. The Kier molecular flexibility index (Phi) is 4.89. The summed E-state index contributed by atoms with van der Waals surface area (Å²) in [6.45, 7) is -0.317. The van der Waals surface area contributed by atoms with Crippen LogP contribution in [0, 0.1) is 0 Å². The zero-order chi connectivity index (χ0) is 30.6. The SMILES string of the molecule is c1cc2c3c(c1)-c1ccc(-c4cccc5c4oc4ccccc45)cc1OB3c1cccc(-n3c4ccccc4c4ccccc43)c1O2. The first-order valence-electron chi connectivity index (χ1n) is 16.0. The van der Waals surface area contributed by atoms with Gasteiger partial charge in [-0.3, -0.25) is 0 Å². The van der Waals surface area contributed by atoms with Gasteiger partial charge in [-0.15, -0.1) is 0 Å². The minimum atomic E-state index is -0.317. The van der Waals surface area contributed by atoms with Crippen molar-refractivity contribution in [1.82, 2.24) is 4.57 Å². The fourth-order valence-electron chi connectivity index (χ4n) is 7.86. The third-order valence-electron chi connectivity index (χ3n) is 9.90. The molecule has 2 aliphatic rings. The Morgan fingerprint density at radius 2 is 1.21 bits per heavy atom. The van der Waals surface area contributed by atoms with Crippen LogP contribution in [-0.4, -0.2) is 11.5 Å². The van der Waals surface area contributed by atoms with Crippen molar-refractivity contribution in [2.24, 2.45) is 0 Å². The van der Waals surface area contributed by atoms with Crippen molar-refractivity contribution < 1.29 is 13.8 Å². The van der Waals surface area contributed by atoms with Gasteiger partial charge in [0.15, 0.2) is 0 Å². The molecule has 0 unspecified atom stereocenters. The van der Waals surface area contributed by atoms with Crippen molar-refractivity contribution >= 4 is 61.6 Å². The van der Waals surface area contributed by atoms with Crippen molar-refractivity contribution in [3.63, 3.8) is 0 Å². The number of benzene rings is 7. The molecule has 2 aliphatic heterocycles. The Labute approximate surface area is 270 Å². The van der Waals surface area contributed by atoms with E-state index in [-0.39, 0.29) is 6.92 Å². The number of fused-ring (bicyclic) bond motifs is 10. The lowest BCUT2D eigenvalue weighted by Gasteiger charge is -2.33. The van der Waals surface area contributed by atoms with Crippen molar-refractivity contribution in [2.75, 3.05) is 0 Å². The molecule has 0 aliphatic carbocycles. The summed E-state index contributed by atoms with van der Waals surface area (Å²) in [4.78, 5) is 0. The molecule has 4 heterocycles. The number of rotatable bonds is 2. The molecule has 218 valence electrons. The van der Waals surface area contributed by atoms with Gasteiger partial charge in [-0.1, -0.05) is 109 Å². The summed E-state index contributed by atoms with van der Waals surface area (Å²) < 4.78 is 22.6. The number of nitrogens with zero attached hydrogens (tertiary/aromatic N) is 1. The van der Waals surface area contributed by atoms with Crippen LogP contribution in [0.25, 0.3) is 71.7 Å². The van der Waals surface area contributed by atoms with Crippen molar-refractivity contribution in [3.8, 4) is 45.2 Å². The Balaban J connectivity index is 1.10. The summed E-state index contributed by atoms with van der Waals surface area (Å²) in [5.41, 5.74) is 11.4. The lowest BCUT2D eigenvalue weighted by Crippen LogP contribution is -2.53. The number of furan rings is 1. The van der Waals surface area contributed by atoms with Gasteiger partial charge in [0.25, 0.3) is 0 Å². The van der Waals surface area contributed by atoms with Crippen LogP contribution in [-0.2, 0) is 0 Å². The van der Waals surface area contributed by atoms with Crippen LogP contribution < -0.4 is 20.3 Å². The molecular weight excluding hydrogens is 577 g/mol. The van der Waals surface area contributed by atoms with E-state index in [2.05, 4.69) is 138 Å². The van der Waals surface area contributed by atoms with E-state index in [1.54, 1.807) is 0 Å². The van der Waals surface area contributed by atoms with E-state index < -0.39 is 0 Å². The van der Waals surface area contributed by atoms with Gasteiger partial charge in [0, 0.05) is 43.6 Å². The summed E-state index contributed by atoms with van der Waals surface area (Å²) >= 11 is 0. The molecule has 7 aromatic carbocycles. The Hall–Kier alpha value is -6.20. The first-order valence-corrected chi connectivity index (χ1v) is 16.0. The molecule has 0 radical (unpaired) electrons. The van der Waals surface area contributed by atoms with Crippen LogP contribution in [0.4, 0.5) is 0 Å². The number of hydrogen-bond donors (Lipinski definition) is 0. The highest BCUT2D eigenvalue weighted by atomic mass is 16.5.